The molecular weight excluding hydrogens is 379 g/mol. The van der Waals surface area contributed by atoms with Gasteiger partial charge in [0, 0.05) is 60.4 Å². The predicted molar refractivity (Wildman–Crippen MR) is 117 cm³/mol. The zero-order chi connectivity index (χ0) is 20.8. The van der Waals surface area contributed by atoms with Gasteiger partial charge in [0.25, 0.3) is 0 Å². The third-order valence-electron chi connectivity index (χ3n) is 5.66. The van der Waals surface area contributed by atoms with Gasteiger partial charge in [-0.05, 0) is 44.5 Å². The number of nitrogens with zero attached hydrogens (tertiary/aromatic N) is 5. The maximum atomic E-state index is 14.6. The highest BCUT2D eigenvalue weighted by Gasteiger charge is 2.21. The minimum Gasteiger partial charge on any atom is -0.368 e. The number of hydrogen-bond donors (Lipinski definition) is 1. The molecule has 2 atom stereocenters. The molecular formula is C23H25FN6. The smallest absolute Gasteiger partial charge is 0.173 e. The van der Waals surface area contributed by atoms with Crippen LogP contribution in [0.25, 0.3) is 27.9 Å². The fourth-order valence-corrected chi connectivity index (χ4v) is 4.29. The topological polar surface area (TPSA) is 58.4 Å². The molecule has 154 valence electrons. The molecule has 7 heteroatoms. The quantitative estimate of drug-likeness (QED) is 0.562. The van der Waals surface area contributed by atoms with E-state index < -0.39 is 0 Å². The number of pyridine rings is 1. The highest BCUT2D eigenvalue weighted by atomic mass is 19.1. The summed E-state index contributed by atoms with van der Waals surface area (Å²) in [4.78, 5) is 15.9. The standard InChI is InChI=1S/C23H25FN6/c1-4-18-13-30-12-17(8-20(24)23(30)27-18)22-25-9-16-7-19(5-6-21(16)28-22)29-10-14(2)26-15(3)11-29/h5-9,12-15,26H,4,10-11H2,1-3H3/t14-,15-/m0/s1. The number of hydrogen-bond acceptors (Lipinski definition) is 5. The Hall–Kier alpha value is -3.06. The first-order valence-corrected chi connectivity index (χ1v) is 10.5. The molecule has 30 heavy (non-hydrogen) atoms. The van der Waals surface area contributed by atoms with Gasteiger partial charge in [0.1, 0.15) is 0 Å². The maximum Gasteiger partial charge on any atom is 0.173 e. The number of benzene rings is 1. The third-order valence-corrected chi connectivity index (χ3v) is 5.66. The molecule has 4 heterocycles. The molecule has 1 aromatic carbocycles. The lowest BCUT2D eigenvalue weighted by atomic mass is 10.1. The molecule has 6 nitrogen and oxygen atoms in total. The molecule has 0 radical (unpaired) electrons. The summed E-state index contributed by atoms with van der Waals surface area (Å²) in [6.07, 6.45) is 6.27. The van der Waals surface area contributed by atoms with Crippen molar-refractivity contribution in [2.45, 2.75) is 39.3 Å². The van der Waals surface area contributed by atoms with Gasteiger partial charge < -0.3 is 14.6 Å². The molecule has 0 bridgehead atoms. The summed E-state index contributed by atoms with van der Waals surface area (Å²) in [5.41, 5.74) is 3.85. The van der Waals surface area contributed by atoms with E-state index in [-0.39, 0.29) is 5.82 Å². The van der Waals surface area contributed by atoms with Gasteiger partial charge in [0.15, 0.2) is 17.3 Å². The summed E-state index contributed by atoms with van der Waals surface area (Å²) in [6, 6.07) is 8.62. The van der Waals surface area contributed by atoms with Crippen LogP contribution in [0.5, 0.6) is 0 Å². The van der Waals surface area contributed by atoms with Crippen molar-refractivity contribution in [1.29, 1.82) is 0 Å². The van der Waals surface area contributed by atoms with Crippen LogP contribution < -0.4 is 10.2 Å². The number of nitrogens with one attached hydrogen (secondary N) is 1. The first-order valence-electron chi connectivity index (χ1n) is 10.5. The summed E-state index contributed by atoms with van der Waals surface area (Å²) in [5, 5.41) is 4.54. The zero-order valence-corrected chi connectivity index (χ0v) is 17.4. The Kier molecular flexibility index (Phi) is 4.62. The number of aromatic nitrogens is 4. The molecule has 0 unspecified atom stereocenters. The van der Waals surface area contributed by atoms with Crippen LogP contribution in [0, 0.1) is 5.82 Å². The molecule has 4 aromatic rings. The lowest BCUT2D eigenvalue weighted by Gasteiger charge is -2.37. The SMILES string of the molecule is CCc1cn2cc(-c3ncc4cc(N5C[C@H](C)N[C@@H](C)C5)ccc4n3)cc(F)c2n1. The zero-order valence-electron chi connectivity index (χ0n) is 17.4. The number of aryl methyl sites for hydroxylation is 1. The van der Waals surface area contributed by atoms with Crippen molar-refractivity contribution in [3.63, 3.8) is 0 Å². The van der Waals surface area contributed by atoms with Crippen LogP contribution in [-0.2, 0) is 6.42 Å². The summed E-state index contributed by atoms with van der Waals surface area (Å²) in [6.45, 7) is 8.36. The molecule has 1 N–H and O–H groups in total. The highest BCUT2D eigenvalue weighted by Crippen LogP contribution is 2.25. The number of piperazine rings is 1. The Morgan fingerprint density at radius 1 is 1.10 bits per heavy atom. The molecule has 0 amide bonds. The largest absolute Gasteiger partial charge is 0.368 e. The van der Waals surface area contributed by atoms with Crippen molar-refractivity contribution in [1.82, 2.24) is 24.7 Å². The first-order chi connectivity index (χ1) is 14.5. The molecule has 3 aromatic heterocycles. The molecule has 1 aliphatic heterocycles. The number of imidazole rings is 1. The average Bonchev–Trinajstić information content (AvgIpc) is 3.16. The molecule has 1 aliphatic rings. The van der Waals surface area contributed by atoms with Gasteiger partial charge in [-0.3, -0.25) is 0 Å². The number of fused-ring (bicyclic) bond motifs is 2. The van der Waals surface area contributed by atoms with E-state index in [4.69, 9.17) is 4.98 Å². The number of halogens is 1. The van der Waals surface area contributed by atoms with Gasteiger partial charge in [0.2, 0.25) is 0 Å². The second-order valence-electron chi connectivity index (χ2n) is 8.20. The molecule has 5 rings (SSSR count). The van der Waals surface area contributed by atoms with Gasteiger partial charge in [-0.2, -0.15) is 0 Å². The molecule has 1 saturated heterocycles. The van der Waals surface area contributed by atoms with E-state index in [0.717, 1.165) is 36.1 Å². The third kappa shape index (κ3) is 3.39. The average molecular weight is 404 g/mol. The van der Waals surface area contributed by atoms with Crippen molar-refractivity contribution in [2.24, 2.45) is 0 Å². The van der Waals surface area contributed by atoms with E-state index in [0.29, 0.717) is 29.1 Å². The fraction of sp³-hybridized carbons (Fsp3) is 0.348. The second-order valence-corrected chi connectivity index (χ2v) is 8.20. The highest BCUT2D eigenvalue weighted by molar-refractivity contribution is 5.83. The summed E-state index contributed by atoms with van der Waals surface area (Å²) < 4.78 is 16.3. The summed E-state index contributed by atoms with van der Waals surface area (Å²) >= 11 is 0. The van der Waals surface area contributed by atoms with E-state index in [1.54, 1.807) is 4.40 Å². The number of rotatable bonds is 3. The van der Waals surface area contributed by atoms with E-state index in [9.17, 15) is 4.39 Å². The van der Waals surface area contributed by atoms with Crippen molar-refractivity contribution >= 4 is 22.2 Å². The summed E-state index contributed by atoms with van der Waals surface area (Å²) in [5.74, 6) is 0.139. The maximum absolute atomic E-state index is 14.6. The lowest BCUT2D eigenvalue weighted by Crippen LogP contribution is -2.54. The molecule has 0 aliphatic carbocycles. The molecule has 1 fully saturated rings. The van der Waals surface area contributed by atoms with Crippen molar-refractivity contribution in [2.75, 3.05) is 18.0 Å². The lowest BCUT2D eigenvalue weighted by molar-refractivity contribution is 0.407. The van der Waals surface area contributed by atoms with Crippen molar-refractivity contribution in [3.05, 3.63) is 54.4 Å². The van der Waals surface area contributed by atoms with Gasteiger partial charge in [-0.25, -0.2) is 19.3 Å². The van der Waals surface area contributed by atoms with Gasteiger partial charge >= 0.3 is 0 Å². The van der Waals surface area contributed by atoms with Gasteiger partial charge in [0.05, 0.1) is 11.2 Å². The Bertz CT molecular complexity index is 1220. The minimum atomic E-state index is -0.367. The second kappa shape index (κ2) is 7.32. The van der Waals surface area contributed by atoms with Crippen LogP contribution in [0.1, 0.15) is 26.5 Å². The predicted octanol–water partition coefficient (Wildman–Crippen LogP) is 3.83. The van der Waals surface area contributed by atoms with E-state index in [1.165, 1.54) is 11.8 Å². The Morgan fingerprint density at radius 2 is 1.90 bits per heavy atom. The number of anilines is 1. The molecule has 0 saturated carbocycles. The van der Waals surface area contributed by atoms with Crippen LogP contribution in [0.2, 0.25) is 0 Å². The van der Waals surface area contributed by atoms with Crippen LogP contribution in [0.4, 0.5) is 10.1 Å². The summed E-state index contributed by atoms with van der Waals surface area (Å²) in [7, 11) is 0. The monoisotopic (exact) mass is 404 g/mol. The normalized spacial score (nSPS) is 19.7. The van der Waals surface area contributed by atoms with Crippen molar-refractivity contribution in [3.8, 4) is 11.4 Å². The van der Waals surface area contributed by atoms with Gasteiger partial charge in [-0.1, -0.05) is 6.92 Å². The first kappa shape index (κ1) is 18.9. The van der Waals surface area contributed by atoms with Crippen LogP contribution in [-0.4, -0.2) is 44.5 Å². The Balaban J connectivity index is 1.50. The molecule has 0 spiro atoms. The van der Waals surface area contributed by atoms with Gasteiger partial charge in [-0.15, -0.1) is 0 Å². The van der Waals surface area contributed by atoms with Crippen LogP contribution in [0.3, 0.4) is 0 Å². The van der Waals surface area contributed by atoms with E-state index in [1.807, 2.05) is 31.6 Å². The van der Waals surface area contributed by atoms with E-state index in [2.05, 4.69) is 46.2 Å². The minimum absolute atomic E-state index is 0.334. The Labute approximate surface area is 174 Å². The van der Waals surface area contributed by atoms with Crippen LogP contribution in [0.15, 0.2) is 42.9 Å². The van der Waals surface area contributed by atoms with Crippen molar-refractivity contribution < 1.29 is 4.39 Å². The van der Waals surface area contributed by atoms with E-state index >= 15 is 0 Å². The van der Waals surface area contributed by atoms with Crippen LogP contribution >= 0.6 is 0 Å². The fourth-order valence-electron chi connectivity index (χ4n) is 4.29. The Morgan fingerprint density at radius 3 is 2.67 bits per heavy atom.